The molecular formula is C12H15ClN4O. The van der Waals surface area contributed by atoms with Gasteiger partial charge in [0.25, 0.3) is 0 Å². The van der Waals surface area contributed by atoms with Gasteiger partial charge in [0.15, 0.2) is 0 Å². The van der Waals surface area contributed by atoms with Crippen LogP contribution in [0.25, 0.3) is 0 Å². The van der Waals surface area contributed by atoms with Crippen LogP contribution in [0.15, 0.2) is 24.4 Å². The van der Waals surface area contributed by atoms with Gasteiger partial charge >= 0.3 is 0 Å². The van der Waals surface area contributed by atoms with E-state index in [1.165, 1.54) is 0 Å². The molecule has 0 aliphatic rings. The number of nitrogens with one attached hydrogen (secondary N) is 1. The maximum Gasteiger partial charge on any atom is 0.124 e. The Morgan fingerprint density at radius 3 is 2.78 bits per heavy atom. The molecule has 1 aromatic heterocycles. The Labute approximate surface area is 111 Å². The number of nitrogens with zero attached hydrogens (tertiary/aromatic N) is 3. The molecule has 0 fully saturated rings. The smallest absolute Gasteiger partial charge is 0.124 e. The fourth-order valence-corrected chi connectivity index (χ4v) is 2.13. The van der Waals surface area contributed by atoms with E-state index in [0.29, 0.717) is 5.02 Å². The van der Waals surface area contributed by atoms with Gasteiger partial charge in [-0.15, -0.1) is 5.10 Å². The summed E-state index contributed by atoms with van der Waals surface area (Å²) in [6, 6.07) is 5.47. The van der Waals surface area contributed by atoms with E-state index < -0.39 is 0 Å². The van der Waals surface area contributed by atoms with E-state index in [1.807, 2.05) is 26.2 Å². The SMILES string of the molecule is CNC(c1cc(Cl)ccc1OC)c1cnnn1C. The molecular weight excluding hydrogens is 252 g/mol. The summed E-state index contributed by atoms with van der Waals surface area (Å²) in [7, 11) is 5.36. The van der Waals surface area contributed by atoms with Gasteiger partial charge in [-0.05, 0) is 25.2 Å². The van der Waals surface area contributed by atoms with Crippen molar-refractivity contribution in [1.29, 1.82) is 0 Å². The van der Waals surface area contributed by atoms with Crippen molar-refractivity contribution in [2.45, 2.75) is 6.04 Å². The molecule has 96 valence electrons. The number of aryl methyl sites for hydroxylation is 1. The minimum Gasteiger partial charge on any atom is -0.496 e. The third-order valence-corrected chi connectivity index (χ3v) is 3.07. The third kappa shape index (κ3) is 2.32. The lowest BCUT2D eigenvalue weighted by Crippen LogP contribution is -2.21. The molecule has 0 aliphatic heterocycles. The van der Waals surface area contributed by atoms with E-state index in [9.17, 15) is 0 Å². The Kier molecular flexibility index (Phi) is 3.84. The van der Waals surface area contributed by atoms with E-state index in [1.54, 1.807) is 24.1 Å². The van der Waals surface area contributed by atoms with Gasteiger partial charge in [0.1, 0.15) is 5.75 Å². The quantitative estimate of drug-likeness (QED) is 0.917. The van der Waals surface area contributed by atoms with E-state index in [-0.39, 0.29) is 6.04 Å². The first-order chi connectivity index (χ1) is 8.67. The highest BCUT2D eigenvalue weighted by molar-refractivity contribution is 6.30. The van der Waals surface area contributed by atoms with Gasteiger partial charge in [0.05, 0.1) is 25.0 Å². The fraction of sp³-hybridized carbons (Fsp3) is 0.333. The summed E-state index contributed by atoms with van der Waals surface area (Å²) < 4.78 is 7.10. The molecule has 0 saturated carbocycles. The first kappa shape index (κ1) is 12.9. The van der Waals surface area contributed by atoms with Crippen LogP contribution in [0.2, 0.25) is 5.02 Å². The normalized spacial score (nSPS) is 12.4. The van der Waals surface area contributed by atoms with Crippen molar-refractivity contribution in [3.8, 4) is 5.75 Å². The van der Waals surface area contributed by atoms with Crippen molar-refractivity contribution >= 4 is 11.6 Å². The molecule has 0 aliphatic carbocycles. The lowest BCUT2D eigenvalue weighted by atomic mass is 10.0. The van der Waals surface area contributed by atoms with Gasteiger partial charge in [-0.25, -0.2) is 0 Å². The average Bonchev–Trinajstić information content (AvgIpc) is 2.77. The van der Waals surface area contributed by atoms with Gasteiger partial charge in [-0.1, -0.05) is 16.8 Å². The Bertz CT molecular complexity index is 541. The molecule has 0 spiro atoms. The summed E-state index contributed by atoms with van der Waals surface area (Å²) in [5, 5.41) is 11.7. The zero-order valence-corrected chi connectivity index (χ0v) is 11.3. The van der Waals surface area contributed by atoms with Crippen LogP contribution < -0.4 is 10.1 Å². The molecule has 2 rings (SSSR count). The van der Waals surface area contributed by atoms with Gasteiger partial charge < -0.3 is 10.1 Å². The molecule has 0 bridgehead atoms. The van der Waals surface area contributed by atoms with Gasteiger partial charge in [0, 0.05) is 17.6 Å². The largest absolute Gasteiger partial charge is 0.496 e. The first-order valence-electron chi connectivity index (χ1n) is 5.52. The fourth-order valence-electron chi connectivity index (χ4n) is 1.95. The molecule has 2 aromatic rings. The Balaban J connectivity index is 2.51. The predicted octanol–water partition coefficient (Wildman–Crippen LogP) is 1.79. The van der Waals surface area contributed by atoms with Gasteiger partial charge in [-0.2, -0.15) is 0 Å². The summed E-state index contributed by atoms with van der Waals surface area (Å²) in [4.78, 5) is 0. The minimum atomic E-state index is -0.0707. The Morgan fingerprint density at radius 1 is 1.44 bits per heavy atom. The lowest BCUT2D eigenvalue weighted by molar-refractivity contribution is 0.404. The number of benzene rings is 1. The molecule has 18 heavy (non-hydrogen) atoms. The van der Waals surface area contributed by atoms with Crippen molar-refractivity contribution in [3.63, 3.8) is 0 Å². The zero-order chi connectivity index (χ0) is 13.1. The second kappa shape index (κ2) is 5.37. The van der Waals surface area contributed by atoms with Crippen LogP contribution in [0.1, 0.15) is 17.3 Å². The molecule has 0 amide bonds. The summed E-state index contributed by atoms with van der Waals surface area (Å²) in [6.45, 7) is 0. The molecule has 1 N–H and O–H groups in total. The summed E-state index contributed by atoms with van der Waals surface area (Å²) in [5.41, 5.74) is 1.90. The highest BCUT2D eigenvalue weighted by Gasteiger charge is 2.20. The van der Waals surface area contributed by atoms with Crippen LogP contribution in [0.3, 0.4) is 0 Å². The van der Waals surface area contributed by atoms with Gasteiger partial charge in [0.2, 0.25) is 0 Å². The zero-order valence-electron chi connectivity index (χ0n) is 10.5. The molecule has 1 unspecified atom stereocenters. The van der Waals surface area contributed by atoms with Crippen molar-refractivity contribution in [3.05, 3.63) is 40.7 Å². The number of hydrogen-bond acceptors (Lipinski definition) is 4. The monoisotopic (exact) mass is 266 g/mol. The molecule has 1 heterocycles. The molecule has 1 aromatic carbocycles. The van der Waals surface area contributed by atoms with Crippen LogP contribution >= 0.6 is 11.6 Å². The molecule has 0 radical (unpaired) electrons. The Hall–Kier alpha value is -1.59. The number of hydrogen-bond donors (Lipinski definition) is 1. The summed E-state index contributed by atoms with van der Waals surface area (Å²) >= 11 is 6.05. The van der Waals surface area contributed by atoms with Crippen LogP contribution in [-0.4, -0.2) is 29.2 Å². The third-order valence-electron chi connectivity index (χ3n) is 2.84. The molecule has 5 nitrogen and oxygen atoms in total. The first-order valence-corrected chi connectivity index (χ1v) is 5.90. The van der Waals surface area contributed by atoms with Crippen molar-refractivity contribution < 1.29 is 4.74 Å². The topological polar surface area (TPSA) is 52.0 Å². The molecule has 6 heteroatoms. The van der Waals surface area contributed by atoms with Crippen molar-refractivity contribution in [1.82, 2.24) is 20.3 Å². The van der Waals surface area contributed by atoms with E-state index >= 15 is 0 Å². The number of rotatable bonds is 4. The number of ether oxygens (including phenoxy) is 1. The maximum absolute atomic E-state index is 6.05. The second-order valence-corrected chi connectivity index (χ2v) is 4.33. The highest BCUT2D eigenvalue weighted by atomic mass is 35.5. The second-order valence-electron chi connectivity index (χ2n) is 3.89. The van der Waals surface area contributed by atoms with Crippen LogP contribution in [0.5, 0.6) is 5.75 Å². The van der Waals surface area contributed by atoms with E-state index in [0.717, 1.165) is 17.0 Å². The minimum absolute atomic E-state index is 0.0707. The van der Waals surface area contributed by atoms with Crippen LogP contribution in [-0.2, 0) is 7.05 Å². The van der Waals surface area contributed by atoms with Gasteiger partial charge in [-0.3, -0.25) is 4.68 Å². The maximum atomic E-state index is 6.05. The van der Waals surface area contributed by atoms with Crippen molar-refractivity contribution in [2.24, 2.45) is 7.05 Å². The summed E-state index contributed by atoms with van der Waals surface area (Å²) in [6.07, 6.45) is 1.72. The predicted molar refractivity (Wildman–Crippen MR) is 69.9 cm³/mol. The van der Waals surface area contributed by atoms with Crippen LogP contribution in [0, 0.1) is 0 Å². The number of methoxy groups -OCH3 is 1. The van der Waals surface area contributed by atoms with Crippen LogP contribution in [0.4, 0.5) is 0 Å². The van der Waals surface area contributed by atoms with E-state index in [4.69, 9.17) is 16.3 Å². The number of halogens is 1. The highest BCUT2D eigenvalue weighted by Crippen LogP contribution is 2.31. The average molecular weight is 267 g/mol. The van der Waals surface area contributed by atoms with E-state index in [2.05, 4.69) is 15.6 Å². The molecule has 0 saturated heterocycles. The molecule has 1 atom stereocenters. The summed E-state index contributed by atoms with van der Waals surface area (Å²) in [5.74, 6) is 0.778. The standard InChI is InChI=1S/C12H15ClN4O/c1-14-12(10-7-15-16-17(10)2)9-6-8(13)4-5-11(9)18-3/h4-7,12,14H,1-3H3. The lowest BCUT2D eigenvalue weighted by Gasteiger charge is -2.19. The Morgan fingerprint density at radius 2 is 2.22 bits per heavy atom. The number of aromatic nitrogens is 3. The van der Waals surface area contributed by atoms with Crippen molar-refractivity contribution in [2.75, 3.05) is 14.2 Å².